The molecule has 0 spiro atoms. The molecule has 1 fully saturated rings. The minimum absolute atomic E-state index is 0.0507. The third-order valence-electron chi connectivity index (χ3n) is 5.24. The summed E-state index contributed by atoms with van der Waals surface area (Å²) in [7, 11) is 1.65. The number of ether oxygens (including phenoxy) is 1. The van der Waals surface area contributed by atoms with E-state index in [4.69, 9.17) is 4.74 Å². The molecular formula is C22H26N4O2. The fourth-order valence-electron chi connectivity index (χ4n) is 3.76. The zero-order chi connectivity index (χ0) is 19.5. The summed E-state index contributed by atoms with van der Waals surface area (Å²) in [6.07, 6.45) is 0. The normalized spacial score (nSPS) is 14.4. The number of hydrogen-bond acceptors (Lipinski definition) is 4. The standard InChI is InChI=1S/C22H26N4O2/c1-3-23-19-6-4-5-7-21(19)25-10-12-26(13-11-25)22(27)20-15-16-14-17(28-2)8-9-18(16)24-20/h4-9,14-15,23-24H,3,10-13H2,1-2H3. The van der Waals surface area contributed by atoms with Crippen molar-refractivity contribution < 1.29 is 9.53 Å². The first-order valence-electron chi connectivity index (χ1n) is 9.73. The van der Waals surface area contributed by atoms with Crippen LogP contribution in [-0.2, 0) is 0 Å². The second-order valence-electron chi connectivity index (χ2n) is 6.96. The summed E-state index contributed by atoms with van der Waals surface area (Å²) in [5.41, 5.74) is 3.93. The Labute approximate surface area is 165 Å². The number of methoxy groups -OCH3 is 1. The van der Waals surface area contributed by atoms with Gasteiger partial charge in [0.05, 0.1) is 18.5 Å². The molecule has 1 amide bonds. The van der Waals surface area contributed by atoms with Crippen LogP contribution in [0.15, 0.2) is 48.5 Å². The molecule has 4 rings (SSSR count). The highest BCUT2D eigenvalue weighted by molar-refractivity contribution is 5.98. The SMILES string of the molecule is CCNc1ccccc1N1CCN(C(=O)c2cc3cc(OC)ccc3[nH]2)CC1. The average molecular weight is 378 g/mol. The highest BCUT2D eigenvalue weighted by Gasteiger charge is 2.24. The number of nitrogens with one attached hydrogen (secondary N) is 2. The van der Waals surface area contributed by atoms with Gasteiger partial charge in [-0.05, 0) is 43.3 Å². The molecule has 0 bridgehead atoms. The molecule has 28 heavy (non-hydrogen) atoms. The van der Waals surface area contributed by atoms with Crippen LogP contribution < -0.4 is 15.0 Å². The molecule has 146 valence electrons. The van der Waals surface area contributed by atoms with E-state index in [1.54, 1.807) is 7.11 Å². The molecule has 2 aromatic carbocycles. The molecular weight excluding hydrogens is 352 g/mol. The van der Waals surface area contributed by atoms with E-state index in [1.807, 2.05) is 35.2 Å². The summed E-state index contributed by atoms with van der Waals surface area (Å²) < 4.78 is 5.27. The lowest BCUT2D eigenvalue weighted by molar-refractivity contribution is 0.0742. The summed E-state index contributed by atoms with van der Waals surface area (Å²) in [4.78, 5) is 20.5. The number of rotatable bonds is 5. The largest absolute Gasteiger partial charge is 0.497 e. The number of nitrogens with zero attached hydrogens (tertiary/aromatic N) is 2. The quantitative estimate of drug-likeness (QED) is 0.713. The molecule has 0 atom stereocenters. The van der Waals surface area contributed by atoms with Crippen molar-refractivity contribution in [2.24, 2.45) is 0 Å². The number of anilines is 2. The Hall–Kier alpha value is -3.15. The van der Waals surface area contributed by atoms with Gasteiger partial charge in [0.1, 0.15) is 11.4 Å². The van der Waals surface area contributed by atoms with Crippen LogP contribution in [0.4, 0.5) is 11.4 Å². The molecule has 1 saturated heterocycles. The average Bonchev–Trinajstić information content (AvgIpc) is 3.17. The number of carbonyl (C=O) groups excluding carboxylic acids is 1. The zero-order valence-corrected chi connectivity index (χ0v) is 16.4. The van der Waals surface area contributed by atoms with Crippen LogP contribution >= 0.6 is 0 Å². The monoisotopic (exact) mass is 378 g/mol. The minimum atomic E-state index is 0.0507. The zero-order valence-electron chi connectivity index (χ0n) is 16.4. The van der Waals surface area contributed by atoms with Gasteiger partial charge in [-0.2, -0.15) is 0 Å². The number of piperazine rings is 1. The minimum Gasteiger partial charge on any atom is -0.497 e. The number of amides is 1. The first-order valence-corrected chi connectivity index (χ1v) is 9.73. The lowest BCUT2D eigenvalue weighted by Crippen LogP contribution is -2.49. The van der Waals surface area contributed by atoms with Crippen molar-refractivity contribution in [3.63, 3.8) is 0 Å². The highest BCUT2D eigenvalue weighted by Crippen LogP contribution is 2.27. The summed E-state index contributed by atoms with van der Waals surface area (Å²) in [6.45, 7) is 6.05. The van der Waals surface area contributed by atoms with Crippen LogP contribution in [0.1, 0.15) is 17.4 Å². The van der Waals surface area contributed by atoms with E-state index in [-0.39, 0.29) is 5.91 Å². The first-order chi connectivity index (χ1) is 13.7. The van der Waals surface area contributed by atoms with E-state index in [0.29, 0.717) is 18.8 Å². The van der Waals surface area contributed by atoms with Gasteiger partial charge in [0, 0.05) is 43.6 Å². The summed E-state index contributed by atoms with van der Waals surface area (Å²) in [6, 6.07) is 16.0. The van der Waals surface area contributed by atoms with Crippen molar-refractivity contribution in [2.45, 2.75) is 6.92 Å². The van der Waals surface area contributed by atoms with Crippen molar-refractivity contribution in [2.75, 3.05) is 50.1 Å². The number of aromatic nitrogens is 1. The van der Waals surface area contributed by atoms with Gasteiger partial charge in [-0.25, -0.2) is 0 Å². The summed E-state index contributed by atoms with van der Waals surface area (Å²) in [5.74, 6) is 0.841. The Morgan fingerprint density at radius 1 is 1.11 bits per heavy atom. The Kier molecular flexibility index (Phi) is 5.10. The molecule has 1 aliphatic heterocycles. The Morgan fingerprint density at radius 2 is 1.89 bits per heavy atom. The lowest BCUT2D eigenvalue weighted by Gasteiger charge is -2.36. The molecule has 2 N–H and O–H groups in total. The number of benzene rings is 2. The van der Waals surface area contributed by atoms with E-state index in [2.05, 4.69) is 40.3 Å². The molecule has 0 aliphatic carbocycles. The van der Waals surface area contributed by atoms with E-state index in [9.17, 15) is 4.79 Å². The van der Waals surface area contributed by atoms with Crippen molar-refractivity contribution in [3.8, 4) is 5.75 Å². The molecule has 0 radical (unpaired) electrons. The third-order valence-corrected chi connectivity index (χ3v) is 5.24. The van der Waals surface area contributed by atoms with Crippen LogP contribution in [0.25, 0.3) is 10.9 Å². The second kappa shape index (κ2) is 7.84. The fourth-order valence-corrected chi connectivity index (χ4v) is 3.76. The molecule has 2 heterocycles. The van der Waals surface area contributed by atoms with Gasteiger partial charge >= 0.3 is 0 Å². The second-order valence-corrected chi connectivity index (χ2v) is 6.96. The molecule has 6 nitrogen and oxygen atoms in total. The first kappa shape index (κ1) is 18.2. The van der Waals surface area contributed by atoms with E-state index >= 15 is 0 Å². The van der Waals surface area contributed by atoms with Crippen LogP contribution in [0, 0.1) is 0 Å². The maximum Gasteiger partial charge on any atom is 0.270 e. The molecule has 1 aromatic heterocycles. The van der Waals surface area contributed by atoms with Gasteiger partial charge in [0.15, 0.2) is 0 Å². The topological polar surface area (TPSA) is 60.6 Å². The maximum absolute atomic E-state index is 13.0. The van der Waals surface area contributed by atoms with Crippen molar-refractivity contribution in [1.29, 1.82) is 0 Å². The van der Waals surface area contributed by atoms with Crippen LogP contribution in [0.2, 0.25) is 0 Å². The third kappa shape index (κ3) is 3.50. The van der Waals surface area contributed by atoms with Gasteiger partial charge in [-0.1, -0.05) is 12.1 Å². The Bertz CT molecular complexity index is 974. The van der Waals surface area contributed by atoms with E-state index in [1.165, 1.54) is 5.69 Å². The van der Waals surface area contributed by atoms with Crippen molar-refractivity contribution in [3.05, 3.63) is 54.2 Å². The maximum atomic E-state index is 13.0. The molecule has 1 aliphatic rings. The van der Waals surface area contributed by atoms with Gasteiger partial charge < -0.3 is 24.8 Å². The molecule has 3 aromatic rings. The van der Waals surface area contributed by atoms with E-state index < -0.39 is 0 Å². The lowest BCUT2D eigenvalue weighted by atomic mass is 10.2. The van der Waals surface area contributed by atoms with Gasteiger partial charge in [-0.15, -0.1) is 0 Å². The molecule has 0 saturated carbocycles. The summed E-state index contributed by atoms with van der Waals surface area (Å²) >= 11 is 0. The van der Waals surface area contributed by atoms with Gasteiger partial charge in [-0.3, -0.25) is 4.79 Å². The Balaban J connectivity index is 1.46. The van der Waals surface area contributed by atoms with Crippen molar-refractivity contribution >= 4 is 28.2 Å². The van der Waals surface area contributed by atoms with Crippen LogP contribution in [0.3, 0.4) is 0 Å². The smallest absolute Gasteiger partial charge is 0.270 e. The van der Waals surface area contributed by atoms with Gasteiger partial charge in [0.25, 0.3) is 5.91 Å². The molecule has 0 unspecified atom stereocenters. The van der Waals surface area contributed by atoms with Crippen molar-refractivity contribution in [1.82, 2.24) is 9.88 Å². The number of hydrogen-bond donors (Lipinski definition) is 2. The molecule has 6 heteroatoms. The Morgan fingerprint density at radius 3 is 2.64 bits per heavy atom. The predicted octanol–water partition coefficient (Wildman–Crippen LogP) is 3.57. The fraction of sp³-hybridized carbons (Fsp3) is 0.318. The number of carbonyl (C=O) groups is 1. The summed E-state index contributed by atoms with van der Waals surface area (Å²) in [5, 5.41) is 4.41. The van der Waals surface area contributed by atoms with E-state index in [0.717, 1.165) is 42.0 Å². The predicted molar refractivity (Wildman–Crippen MR) is 114 cm³/mol. The number of para-hydroxylation sites is 2. The number of H-pyrrole nitrogens is 1. The van der Waals surface area contributed by atoms with Crippen LogP contribution in [0.5, 0.6) is 5.75 Å². The number of fused-ring (bicyclic) bond motifs is 1. The number of aromatic amines is 1. The van der Waals surface area contributed by atoms with Gasteiger partial charge in [0.2, 0.25) is 0 Å². The highest BCUT2D eigenvalue weighted by atomic mass is 16.5. The van der Waals surface area contributed by atoms with Crippen LogP contribution in [-0.4, -0.2) is 55.6 Å².